The smallest absolute Gasteiger partial charge is 0.550 e. The van der Waals surface area contributed by atoms with E-state index in [9.17, 15) is 9.90 Å². The van der Waals surface area contributed by atoms with Crippen molar-refractivity contribution in [3.8, 4) is 0 Å². The number of hydrogen-bond acceptors (Lipinski definition) is 4. The number of carbonyl (C=O) groups is 1. The molecule has 0 aliphatic carbocycles. The number of carbonyl (C=O) groups excluding carboxylic acids is 1. The standard InChI is InChI=1S/C10H11N3O2.Na/c14-9(15)4-2-6-13-10-8(7-12-13)3-1-5-11-10;/h1,3,5,7H,2,4,6H2,(H,14,15);/q;+1/p-1. The van der Waals surface area contributed by atoms with E-state index in [1.54, 1.807) is 17.1 Å². The van der Waals surface area contributed by atoms with Gasteiger partial charge in [-0.15, -0.1) is 0 Å². The van der Waals surface area contributed by atoms with Crippen molar-refractivity contribution in [2.24, 2.45) is 0 Å². The summed E-state index contributed by atoms with van der Waals surface area (Å²) in [5.41, 5.74) is 0.788. The van der Waals surface area contributed by atoms with Gasteiger partial charge in [-0.3, -0.25) is 0 Å². The van der Waals surface area contributed by atoms with Crippen LogP contribution < -0.4 is 34.7 Å². The van der Waals surface area contributed by atoms with Gasteiger partial charge in [0.25, 0.3) is 0 Å². The molecular formula is C10H10N3NaO2. The van der Waals surface area contributed by atoms with Gasteiger partial charge in [-0.25, -0.2) is 9.67 Å². The zero-order valence-electron chi connectivity index (χ0n) is 9.09. The first-order valence-corrected chi connectivity index (χ1v) is 4.74. The summed E-state index contributed by atoms with van der Waals surface area (Å²) < 4.78 is 1.71. The van der Waals surface area contributed by atoms with Crippen molar-refractivity contribution >= 4 is 17.0 Å². The van der Waals surface area contributed by atoms with Crippen molar-refractivity contribution in [2.75, 3.05) is 0 Å². The number of aryl methyl sites for hydroxylation is 1. The minimum atomic E-state index is -1.03. The van der Waals surface area contributed by atoms with Gasteiger partial charge >= 0.3 is 29.6 Å². The number of aliphatic carboxylic acids is 1. The molecule has 6 heteroatoms. The molecule has 2 heterocycles. The van der Waals surface area contributed by atoms with E-state index >= 15 is 0 Å². The SMILES string of the molecule is O=C([O-])CCCn1ncc2cccnc21.[Na+]. The Morgan fingerprint density at radius 3 is 3.06 bits per heavy atom. The van der Waals surface area contributed by atoms with E-state index < -0.39 is 5.97 Å². The van der Waals surface area contributed by atoms with Gasteiger partial charge in [0.15, 0.2) is 5.65 Å². The fourth-order valence-corrected chi connectivity index (χ4v) is 1.45. The molecule has 0 saturated heterocycles. The molecule has 2 rings (SSSR count). The molecular weight excluding hydrogens is 217 g/mol. The van der Waals surface area contributed by atoms with Crippen LogP contribution in [-0.4, -0.2) is 20.7 Å². The summed E-state index contributed by atoms with van der Waals surface area (Å²) >= 11 is 0. The van der Waals surface area contributed by atoms with Crippen LogP contribution in [0.15, 0.2) is 24.5 Å². The minimum absolute atomic E-state index is 0. The van der Waals surface area contributed by atoms with E-state index in [1.807, 2.05) is 12.1 Å². The van der Waals surface area contributed by atoms with Gasteiger partial charge in [-0.05, 0) is 25.0 Å². The van der Waals surface area contributed by atoms with Crippen molar-refractivity contribution in [1.82, 2.24) is 14.8 Å². The number of fused-ring (bicyclic) bond motifs is 1. The average Bonchev–Trinajstić information content (AvgIpc) is 2.62. The average molecular weight is 227 g/mol. The molecule has 78 valence electrons. The van der Waals surface area contributed by atoms with Crippen molar-refractivity contribution in [1.29, 1.82) is 0 Å². The molecule has 0 saturated carbocycles. The van der Waals surface area contributed by atoms with Crippen LogP contribution in [0.1, 0.15) is 12.8 Å². The van der Waals surface area contributed by atoms with Crippen molar-refractivity contribution in [3.05, 3.63) is 24.5 Å². The van der Waals surface area contributed by atoms with Crippen molar-refractivity contribution in [3.63, 3.8) is 0 Å². The van der Waals surface area contributed by atoms with E-state index in [0.717, 1.165) is 11.0 Å². The number of aromatic nitrogens is 3. The van der Waals surface area contributed by atoms with Gasteiger partial charge in [0.05, 0.1) is 6.20 Å². The monoisotopic (exact) mass is 227 g/mol. The quantitative estimate of drug-likeness (QED) is 0.521. The third kappa shape index (κ3) is 3.04. The zero-order valence-corrected chi connectivity index (χ0v) is 11.1. The van der Waals surface area contributed by atoms with Gasteiger partial charge in [-0.2, -0.15) is 5.10 Å². The molecule has 0 aromatic carbocycles. The van der Waals surface area contributed by atoms with Gasteiger partial charge in [0, 0.05) is 24.1 Å². The van der Waals surface area contributed by atoms with E-state index in [2.05, 4.69) is 10.1 Å². The Hall–Kier alpha value is -0.910. The number of carboxylic acid groups (broad SMARTS) is 1. The van der Waals surface area contributed by atoms with Crippen LogP contribution in [0.5, 0.6) is 0 Å². The first kappa shape index (κ1) is 13.2. The Labute approximate surface area is 115 Å². The van der Waals surface area contributed by atoms with Crippen molar-refractivity contribution < 1.29 is 39.5 Å². The second-order valence-electron chi connectivity index (χ2n) is 3.26. The third-order valence-corrected chi connectivity index (χ3v) is 2.15. The van der Waals surface area contributed by atoms with E-state index in [1.165, 1.54) is 0 Å². The van der Waals surface area contributed by atoms with Gasteiger partial charge in [0.2, 0.25) is 0 Å². The van der Waals surface area contributed by atoms with Crippen LogP contribution in [0, 0.1) is 0 Å². The topological polar surface area (TPSA) is 70.8 Å². The number of nitrogens with zero attached hydrogens (tertiary/aromatic N) is 3. The molecule has 0 N–H and O–H groups in total. The molecule has 0 unspecified atom stereocenters. The largest absolute Gasteiger partial charge is 1.00 e. The van der Waals surface area contributed by atoms with Crippen LogP contribution in [0.3, 0.4) is 0 Å². The Morgan fingerprint density at radius 2 is 2.31 bits per heavy atom. The number of hydrogen-bond donors (Lipinski definition) is 0. The first-order chi connectivity index (χ1) is 7.27. The number of pyridine rings is 1. The van der Waals surface area contributed by atoms with Crippen LogP contribution >= 0.6 is 0 Å². The van der Waals surface area contributed by atoms with Gasteiger partial charge < -0.3 is 9.90 Å². The molecule has 0 spiro atoms. The molecule has 0 fully saturated rings. The molecule has 0 aliphatic rings. The summed E-state index contributed by atoms with van der Waals surface area (Å²) in [4.78, 5) is 14.4. The van der Waals surface area contributed by atoms with Crippen LogP contribution in [-0.2, 0) is 11.3 Å². The normalized spacial score (nSPS) is 10.0. The predicted molar refractivity (Wildman–Crippen MR) is 51.8 cm³/mol. The summed E-state index contributed by atoms with van der Waals surface area (Å²) in [6.07, 6.45) is 3.98. The molecule has 0 amide bonds. The Morgan fingerprint density at radius 1 is 1.50 bits per heavy atom. The second kappa shape index (κ2) is 5.98. The van der Waals surface area contributed by atoms with Crippen LogP contribution in [0.2, 0.25) is 0 Å². The summed E-state index contributed by atoms with van der Waals surface area (Å²) in [6, 6.07) is 3.76. The fraction of sp³-hybridized carbons (Fsp3) is 0.300. The maximum atomic E-state index is 10.2. The second-order valence-corrected chi connectivity index (χ2v) is 3.26. The minimum Gasteiger partial charge on any atom is -0.550 e. The molecule has 0 bridgehead atoms. The Kier molecular flexibility index (Phi) is 4.92. The molecule has 0 radical (unpaired) electrons. The summed E-state index contributed by atoms with van der Waals surface area (Å²) in [5.74, 6) is -1.03. The Bertz CT molecular complexity index is 484. The predicted octanol–water partition coefficient (Wildman–Crippen LogP) is -3.03. The maximum absolute atomic E-state index is 10.2. The molecule has 0 aliphatic heterocycles. The molecule has 16 heavy (non-hydrogen) atoms. The molecule has 2 aromatic heterocycles. The number of rotatable bonds is 4. The van der Waals surface area contributed by atoms with E-state index in [-0.39, 0.29) is 36.0 Å². The molecule has 5 nitrogen and oxygen atoms in total. The zero-order chi connectivity index (χ0) is 10.7. The van der Waals surface area contributed by atoms with Gasteiger partial charge in [0.1, 0.15) is 0 Å². The maximum Gasteiger partial charge on any atom is 1.00 e. The van der Waals surface area contributed by atoms with Crippen molar-refractivity contribution in [2.45, 2.75) is 19.4 Å². The van der Waals surface area contributed by atoms with Crippen LogP contribution in [0.25, 0.3) is 11.0 Å². The Balaban J connectivity index is 0.00000128. The summed E-state index contributed by atoms with van der Waals surface area (Å²) in [7, 11) is 0. The number of carboxylic acids is 1. The summed E-state index contributed by atoms with van der Waals surface area (Å²) in [5, 5.41) is 15.3. The molecule has 2 aromatic rings. The van der Waals surface area contributed by atoms with Crippen LogP contribution in [0.4, 0.5) is 0 Å². The summed E-state index contributed by atoms with van der Waals surface area (Å²) in [6.45, 7) is 0.550. The van der Waals surface area contributed by atoms with Gasteiger partial charge in [-0.1, -0.05) is 0 Å². The van der Waals surface area contributed by atoms with E-state index in [0.29, 0.717) is 13.0 Å². The third-order valence-electron chi connectivity index (χ3n) is 2.15. The first-order valence-electron chi connectivity index (χ1n) is 4.74. The molecule has 0 atom stereocenters. The van der Waals surface area contributed by atoms with E-state index in [4.69, 9.17) is 0 Å². The fourth-order valence-electron chi connectivity index (χ4n) is 1.45.